The topological polar surface area (TPSA) is 98.5 Å². The molecule has 0 aliphatic heterocycles. The smallest absolute Gasteiger partial charge is 0.406 e. The zero-order valence-electron chi connectivity index (χ0n) is 24.2. The average molecular weight is 521 g/mol. The van der Waals surface area contributed by atoms with Crippen LogP contribution in [0.1, 0.15) is 93.4 Å². The SMILES string of the molecule is CCNC(=O)OC1=C(C)C2=CC=C3[C@@](C)(CC[C@@]4(C)[C@@H]5C[C@](C)(C(N)=O)CCC5(C)CC[C@]34C)C2=CC1=O. The third-order valence-electron chi connectivity index (χ3n) is 12.0. The fourth-order valence-corrected chi connectivity index (χ4v) is 9.07. The first-order valence-corrected chi connectivity index (χ1v) is 14.3. The van der Waals surface area contributed by atoms with Crippen LogP contribution in [0.5, 0.6) is 0 Å². The van der Waals surface area contributed by atoms with Gasteiger partial charge in [0.2, 0.25) is 11.7 Å². The molecule has 5 aliphatic carbocycles. The minimum Gasteiger partial charge on any atom is -0.406 e. The van der Waals surface area contributed by atoms with E-state index in [1.54, 1.807) is 6.08 Å². The van der Waals surface area contributed by atoms with Gasteiger partial charge in [-0.3, -0.25) is 9.59 Å². The van der Waals surface area contributed by atoms with Crippen molar-refractivity contribution in [3.05, 3.63) is 46.3 Å². The largest absolute Gasteiger partial charge is 0.412 e. The Morgan fingerprint density at radius 3 is 2.37 bits per heavy atom. The lowest BCUT2D eigenvalue weighted by atomic mass is 9.34. The highest BCUT2D eigenvalue weighted by Crippen LogP contribution is 2.75. The van der Waals surface area contributed by atoms with Crippen LogP contribution < -0.4 is 11.1 Å². The van der Waals surface area contributed by atoms with E-state index in [4.69, 9.17) is 10.5 Å². The number of alkyl carbamates (subject to hydrolysis) is 1. The molecule has 0 radical (unpaired) electrons. The Morgan fingerprint density at radius 2 is 1.71 bits per heavy atom. The summed E-state index contributed by atoms with van der Waals surface area (Å²) in [5.74, 6) is 0.0954. The van der Waals surface area contributed by atoms with Crippen LogP contribution >= 0.6 is 0 Å². The lowest BCUT2D eigenvalue weighted by molar-refractivity contribution is -0.167. The Kier molecular flexibility index (Phi) is 5.98. The third-order valence-corrected chi connectivity index (χ3v) is 12.0. The summed E-state index contributed by atoms with van der Waals surface area (Å²) < 4.78 is 5.44. The van der Waals surface area contributed by atoms with Gasteiger partial charge in [0.1, 0.15) is 0 Å². The summed E-state index contributed by atoms with van der Waals surface area (Å²) in [6, 6.07) is 0. The molecular formula is C32H44N2O4. The number of rotatable bonds is 3. The molecule has 3 N–H and O–H groups in total. The second-order valence-electron chi connectivity index (χ2n) is 13.9. The predicted molar refractivity (Wildman–Crippen MR) is 148 cm³/mol. The Morgan fingerprint density at radius 1 is 1.03 bits per heavy atom. The summed E-state index contributed by atoms with van der Waals surface area (Å²) >= 11 is 0. The Balaban J connectivity index is 1.58. The summed E-state index contributed by atoms with van der Waals surface area (Å²) in [7, 11) is 0. The highest BCUT2D eigenvalue weighted by molar-refractivity contribution is 6.08. The molecule has 0 aromatic rings. The Labute approximate surface area is 227 Å². The van der Waals surface area contributed by atoms with Crippen LogP contribution in [0.4, 0.5) is 4.79 Å². The van der Waals surface area contributed by atoms with Crippen molar-refractivity contribution in [1.82, 2.24) is 5.32 Å². The van der Waals surface area contributed by atoms with E-state index in [0.29, 0.717) is 12.5 Å². The van der Waals surface area contributed by atoms with E-state index in [2.05, 4.69) is 52.1 Å². The summed E-state index contributed by atoms with van der Waals surface area (Å²) in [4.78, 5) is 37.9. The van der Waals surface area contributed by atoms with Gasteiger partial charge in [0.15, 0.2) is 5.76 Å². The van der Waals surface area contributed by atoms with E-state index >= 15 is 0 Å². The number of hydrogen-bond acceptors (Lipinski definition) is 4. The van der Waals surface area contributed by atoms with Crippen LogP contribution in [0.2, 0.25) is 0 Å². The maximum Gasteiger partial charge on any atom is 0.412 e. The number of nitrogens with one attached hydrogen (secondary N) is 1. The number of carbonyl (C=O) groups is 3. The zero-order chi connectivity index (χ0) is 27.9. The monoisotopic (exact) mass is 520 g/mol. The maximum atomic E-state index is 13.3. The summed E-state index contributed by atoms with van der Waals surface area (Å²) in [6.45, 7) is 15.8. The van der Waals surface area contributed by atoms with Crippen molar-refractivity contribution in [2.24, 2.45) is 38.7 Å². The maximum absolute atomic E-state index is 13.3. The molecule has 0 aromatic carbocycles. The van der Waals surface area contributed by atoms with Gasteiger partial charge in [-0.1, -0.05) is 52.3 Å². The van der Waals surface area contributed by atoms with E-state index in [9.17, 15) is 14.4 Å². The van der Waals surface area contributed by atoms with E-state index in [-0.39, 0.29) is 39.1 Å². The van der Waals surface area contributed by atoms with Gasteiger partial charge in [0, 0.05) is 22.9 Å². The van der Waals surface area contributed by atoms with E-state index in [0.717, 1.165) is 61.7 Å². The molecule has 6 nitrogen and oxygen atoms in total. The van der Waals surface area contributed by atoms with Crippen LogP contribution in [0, 0.1) is 33.0 Å². The minimum absolute atomic E-state index is 0.0183. The van der Waals surface area contributed by atoms with Crippen molar-refractivity contribution in [2.75, 3.05) is 6.54 Å². The summed E-state index contributed by atoms with van der Waals surface area (Å²) in [6.07, 6.45) is 12.5. The quantitative estimate of drug-likeness (QED) is 0.457. The van der Waals surface area contributed by atoms with E-state index in [1.807, 2.05) is 13.8 Å². The molecule has 5 rings (SSSR count). The molecule has 3 fully saturated rings. The fourth-order valence-electron chi connectivity index (χ4n) is 9.07. The van der Waals surface area contributed by atoms with Crippen LogP contribution in [-0.4, -0.2) is 24.3 Å². The van der Waals surface area contributed by atoms with E-state index in [1.165, 1.54) is 5.57 Å². The van der Waals surface area contributed by atoms with Gasteiger partial charge < -0.3 is 15.8 Å². The molecular weight excluding hydrogens is 476 g/mol. The van der Waals surface area contributed by atoms with E-state index < -0.39 is 11.5 Å². The second-order valence-corrected chi connectivity index (χ2v) is 13.9. The first-order chi connectivity index (χ1) is 17.7. The summed E-state index contributed by atoms with van der Waals surface area (Å²) in [5, 5.41) is 2.61. The van der Waals surface area contributed by atoms with Gasteiger partial charge >= 0.3 is 6.09 Å². The van der Waals surface area contributed by atoms with Crippen LogP contribution in [-0.2, 0) is 14.3 Å². The summed E-state index contributed by atoms with van der Waals surface area (Å²) in [5.41, 5.74) is 9.53. The van der Waals surface area contributed by atoms with Crippen molar-refractivity contribution in [2.45, 2.75) is 93.4 Å². The lowest BCUT2D eigenvalue weighted by Crippen LogP contribution is -2.62. The molecule has 0 aromatic heterocycles. The van der Waals surface area contributed by atoms with Crippen molar-refractivity contribution < 1.29 is 19.1 Å². The average Bonchev–Trinajstić information content (AvgIpc) is 2.85. The van der Waals surface area contributed by atoms with Crippen molar-refractivity contribution >= 4 is 17.8 Å². The molecule has 206 valence electrons. The molecule has 0 spiro atoms. The number of amides is 2. The van der Waals surface area contributed by atoms with Crippen LogP contribution in [0.3, 0.4) is 0 Å². The number of hydrogen-bond donors (Lipinski definition) is 2. The molecule has 6 atom stereocenters. The predicted octanol–water partition coefficient (Wildman–Crippen LogP) is 6.29. The number of fused-ring (bicyclic) bond motifs is 7. The van der Waals surface area contributed by atoms with Crippen LogP contribution in [0.15, 0.2) is 46.3 Å². The van der Waals surface area contributed by atoms with Crippen molar-refractivity contribution in [3.63, 3.8) is 0 Å². The van der Waals surface area contributed by atoms with Crippen molar-refractivity contribution in [3.8, 4) is 0 Å². The molecule has 0 heterocycles. The highest BCUT2D eigenvalue weighted by Gasteiger charge is 2.67. The van der Waals surface area contributed by atoms with Crippen molar-refractivity contribution in [1.29, 1.82) is 0 Å². The minimum atomic E-state index is -0.604. The van der Waals surface area contributed by atoms with Gasteiger partial charge in [-0.2, -0.15) is 0 Å². The molecule has 2 amide bonds. The fraction of sp³-hybridized carbons (Fsp3) is 0.656. The normalized spacial score (nSPS) is 41.9. The van der Waals surface area contributed by atoms with Gasteiger partial charge in [0.05, 0.1) is 0 Å². The first kappa shape index (κ1) is 27.0. The first-order valence-electron chi connectivity index (χ1n) is 14.3. The molecule has 0 bridgehead atoms. The standard InChI is InChI=1S/C32H44N2O4/c1-8-34-27(37)38-25-19(2)20-9-10-23-30(5,21(20)17-22(25)35)14-16-32(7)24-18-29(4,26(33)36)12-11-28(24,3)13-15-31(23,32)6/h9-10,17,24H,8,11-16,18H2,1-7H3,(H2,33,36)(H,34,37)/t24-,28?,29-,30+,31-,32+/m1/s1. The Hall–Kier alpha value is -2.63. The molecule has 6 heteroatoms. The molecule has 5 aliphatic rings. The third kappa shape index (κ3) is 3.47. The molecule has 0 saturated heterocycles. The van der Waals surface area contributed by atoms with Gasteiger partial charge in [-0.05, 0) is 98.2 Å². The number of ether oxygens (including phenoxy) is 1. The Bertz CT molecular complexity index is 1260. The second kappa shape index (κ2) is 8.43. The van der Waals surface area contributed by atoms with Gasteiger partial charge in [0.25, 0.3) is 0 Å². The molecule has 1 unspecified atom stereocenters. The molecule has 3 saturated carbocycles. The van der Waals surface area contributed by atoms with Gasteiger partial charge in [-0.25, -0.2) is 4.79 Å². The highest BCUT2D eigenvalue weighted by atomic mass is 16.6. The number of allylic oxidation sites excluding steroid dienone is 7. The lowest BCUT2D eigenvalue weighted by Gasteiger charge is -2.70. The number of ketones is 1. The van der Waals surface area contributed by atoms with Crippen LogP contribution in [0.25, 0.3) is 0 Å². The number of nitrogens with two attached hydrogens (primary N) is 1. The van der Waals surface area contributed by atoms with Gasteiger partial charge in [-0.15, -0.1) is 0 Å². The molecule has 38 heavy (non-hydrogen) atoms. The number of carbonyl (C=O) groups excluding carboxylic acids is 3. The number of primary amides is 1. The zero-order valence-corrected chi connectivity index (χ0v) is 24.2.